The van der Waals surface area contributed by atoms with Crippen LogP contribution in [0.5, 0.6) is 0 Å². The molecule has 1 aliphatic rings. The summed E-state index contributed by atoms with van der Waals surface area (Å²) in [5.41, 5.74) is 2.90. The number of aryl methyl sites for hydroxylation is 1. The molecule has 0 aliphatic carbocycles. The second-order valence-electron chi connectivity index (χ2n) is 6.97. The molecule has 0 radical (unpaired) electrons. The Labute approximate surface area is 157 Å². The SMILES string of the molecule is BrCCCCCCOCCCc1ccc(CN2CCCCC2)cc1. The second kappa shape index (κ2) is 12.9. The van der Waals surface area contributed by atoms with E-state index in [1.54, 1.807) is 0 Å². The van der Waals surface area contributed by atoms with Crippen molar-refractivity contribution in [2.45, 2.75) is 64.3 Å². The van der Waals surface area contributed by atoms with Gasteiger partial charge in [0.05, 0.1) is 0 Å². The molecule has 0 saturated carbocycles. The quantitative estimate of drug-likeness (QED) is 0.338. The molecule has 0 N–H and O–H groups in total. The minimum absolute atomic E-state index is 0.897. The highest BCUT2D eigenvalue weighted by atomic mass is 79.9. The zero-order valence-electron chi connectivity index (χ0n) is 15.1. The number of likely N-dealkylation sites (tertiary alicyclic amines) is 1. The molecule has 0 spiro atoms. The van der Waals surface area contributed by atoms with Crippen molar-refractivity contribution in [3.63, 3.8) is 0 Å². The highest BCUT2D eigenvalue weighted by Gasteiger charge is 2.10. The first-order chi connectivity index (χ1) is 11.9. The maximum Gasteiger partial charge on any atom is 0.0469 e. The molecule has 1 fully saturated rings. The summed E-state index contributed by atoms with van der Waals surface area (Å²) in [6, 6.07) is 9.24. The van der Waals surface area contributed by atoms with Crippen LogP contribution in [0.25, 0.3) is 0 Å². The van der Waals surface area contributed by atoms with E-state index < -0.39 is 0 Å². The van der Waals surface area contributed by atoms with Crippen molar-refractivity contribution in [1.29, 1.82) is 0 Å². The summed E-state index contributed by atoms with van der Waals surface area (Å²) in [7, 11) is 0. The standard InChI is InChI=1S/C21H34BrNO/c22-14-4-1-2-7-17-24-18-8-9-20-10-12-21(13-11-20)19-23-15-5-3-6-16-23/h10-13H,1-9,14-19H2. The lowest BCUT2D eigenvalue weighted by Crippen LogP contribution is -2.29. The van der Waals surface area contributed by atoms with Crippen molar-refractivity contribution < 1.29 is 4.74 Å². The van der Waals surface area contributed by atoms with Crippen LogP contribution in [0.2, 0.25) is 0 Å². The van der Waals surface area contributed by atoms with Crippen molar-refractivity contribution >= 4 is 15.9 Å². The normalized spacial score (nSPS) is 15.7. The van der Waals surface area contributed by atoms with Crippen molar-refractivity contribution in [2.24, 2.45) is 0 Å². The second-order valence-corrected chi connectivity index (χ2v) is 7.77. The smallest absolute Gasteiger partial charge is 0.0469 e. The predicted molar refractivity (Wildman–Crippen MR) is 107 cm³/mol. The molecule has 1 heterocycles. The Morgan fingerprint density at radius 3 is 2.21 bits per heavy atom. The molecule has 1 saturated heterocycles. The van der Waals surface area contributed by atoms with E-state index in [2.05, 4.69) is 45.1 Å². The van der Waals surface area contributed by atoms with E-state index in [-0.39, 0.29) is 0 Å². The fourth-order valence-electron chi connectivity index (χ4n) is 3.32. The van der Waals surface area contributed by atoms with Crippen molar-refractivity contribution in [1.82, 2.24) is 4.90 Å². The molecular weight excluding hydrogens is 362 g/mol. The van der Waals surface area contributed by atoms with E-state index in [0.717, 1.165) is 37.9 Å². The van der Waals surface area contributed by atoms with Gasteiger partial charge in [-0.2, -0.15) is 0 Å². The minimum Gasteiger partial charge on any atom is -0.381 e. The van der Waals surface area contributed by atoms with Crippen LogP contribution in [-0.2, 0) is 17.7 Å². The van der Waals surface area contributed by atoms with Crippen LogP contribution in [-0.4, -0.2) is 36.5 Å². The molecule has 136 valence electrons. The van der Waals surface area contributed by atoms with Gasteiger partial charge in [-0.1, -0.05) is 59.5 Å². The molecule has 0 amide bonds. The number of hydrogen-bond donors (Lipinski definition) is 0. The van der Waals surface area contributed by atoms with Crippen molar-refractivity contribution in [3.05, 3.63) is 35.4 Å². The Balaban J connectivity index is 1.52. The summed E-state index contributed by atoms with van der Waals surface area (Å²) in [5.74, 6) is 0. The highest BCUT2D eigenvalue weighted by molar-refractivity contribution is 9.09. The number of ether oxygens (including phenoxy) is 1. The van der Waals surface area contributed by atoms with Gasteiger partial charge in [0.25, 0.3) is 0 Å². The van der Waals surface area contributed by atoms with Gasteiger partial charge in [-0.15, -0.1) is 0 Å². The number of benzene rings is 1. The lowest BCUT2D eigenvalue weighted by Gasteiger charge is -2.26. The lowest BCUT2D eigenvalue weighted by atomic mass is 10.1. The summed E-state index contributed by atoms with van der Waals surface area (Å²) >= 11 is 3.47. The monoisotopic (exact) mass is 395 g/mol. The summed E-state index contributed by atoms with van der Waals surface area (Å²) in [4.78, 5) is 2.59. The van der Waals surface area contributed by atoms with Gasteiger partial charge in [-0.3, -0.25) is 4.90 Å². The van der Waals surface area contributed by atoms with Gasteiger partial charge in [-0.05, 0) is 62.7 Å². The van der Waals surface area contributed by atoms with Crippen molar-refractivity contribution in [2.75, 3.05) is 31.6 Å². The fourth-order valence-corrected chi connectivity index (χ4v) is 3.72. The average molecular weight is 396 g/mol. The number of halogens is 1. The number of rotatable bonds is 12. The van der Waals surface area contributed by atoms with Crippen LogP contribution >= 0.6 is 15.9 Å². The van der Waals surface area contributed by atoms with E-state index in [1.807, 2.05) is 0 Å². The van der Waals surface area contributed by atoms with Crippen LogP contribution in [0.1, 0.15) is 62.5 Å². The van der Waals surface area contributed by atoms with Crippen LogP contribution < -0.4 is 0 Å². The number of nitrogens with zero attached hydrogens (tertiary/aromatic N) is 1. The van der Waals surface area contributed by atoms with E-state index in [9.17, 15) is 0 Å². The largest absolute Gasteiger partial charge is 0.381 e. The van der Waals surface area contributed by atoms with Crippen molar-refractivity contribution in [3.8, 4) is 0 Å². The molecular formula is C21H34BrNO. The predicted octanol–water partition coefficient (Wildman–Crippen LogP) is 5.58. The summed E-state index contributed by atoms with van der Waals surface area (Å²) in [6.07, 6.45) is 11.5. The fraction of sp³-hybridized carbons (Fsp3) is 0.714. The molecule has 2 nitrogen and oxygen atoms in total. The van der Waals surface area contributed by atoms with Gasteiger partial charge in [-0.25, -0.2) is 0 Å². The summed E-state index contributed by atoms with van der Waals surface area (Å²) in [6.45, 7) is 5.49. The Morgan fingerprint density at radius 2 is 1.46 bits per heavy atom. The topological polar surface area (TPSA) is 12.5 Å². The minimum atomic E-state index is 0.897. The summed E-state index contributed by atoms with van der Waals surface area (Å²) in [5, 5.41) is 1.13. The third-order valence-corrected chi connectivity index (χ3v) is 5.37. The summed E-state index contributed by atoms with van der Waals surface area (Å²) < 4.78 is 5.74. The lowest BCUT2D eigenvalue weighted by molar-refractivity contribution is 0.128. The first kappa shape index (κ1) is 19.9. The van der Waals surface area contributed by atoms with Gasteiger partial charge >= 0.3 is 0 Å². The number of unbranched alkanes of at least 4 members (excludes halogenated alkanes) is 3. The van der Waals surface area contributed by atoms with Crippen LogP contribution in [0.4, 0.5) is 0 Å². The van der Waals surface area contributed by atoms with E-state index in [1.165, 1.54) is 69.2 Å². The van der Waals surface area contributed by atoms with E-state index in [0.29, 0.717) is 0 Å². The number of alkyl halides is 1. The van der Waals surface area contributed by atoms with Gasteiger partial charge in [0.2, 0.25) is 0 Å². The number of hydrogen-bond acceptors (Lipinski definition) is 2. The van der Waals surface area contributed by atoms with Gasteiger partial charge in [0, 0.05) is 25.1 Å². The zero-order chi connectivity index (χ0) is 16.9. The first-order valence-corrected chi connectivity index (χ1v) is 10.9. The van der Waals surface area contributed by atoms with E-state index in [4.69, 9.17) is 4.74 Å². The molecule has 1 aromatic rings. The maximum atomic E-state index is 5.74. The van der Waals surface area contributed by atoms with Crippen LogP contribution in [0.3, 0.4) is 0 Å². The molecule has 0 unspecified atom stereocenters. The Kier molecular flexibility index (Phi) is 10.7. The van der Waals surface area contributed by atoms with Gasteiger partial charge in [0.15, 0.2) is 0 Å². The van der Waals surface area contributed by atoms with E-state index >= 15 is 0 Å². The molecule has 1 aliphatic heterocycles. The van der Waals surface area contributed by atoms with Crippen LogP contribution in [0, 0.1) is 0 Å². The van der Waals surface area contributed by atoms with Gasteiger partial charge < -0.3 is 4.74 Å². The Bertz CT molecular complexity index is 414. The third-order valence-electron chi connectivity index (χ3n) is 4.80. The Morgan fingerprint density at radius 1 is 0.792 bits per heavy atom. The van der Waals surface area contributed by atoms with Crippen LogP contribution in [0.15, 0.2) is 24.3 Å². The Hall–Kier alpha value is -0.380. The average Bonchev–Trinajstić information content (AvgIpc) is 2.62. The maximum absolute atomic E-state index is 5.74. The molecule has 0 aromatic heterocycles. The third kappa shape index (κ3) is 8.64. The zero-order valence-corrected chi connectivity index (χ0v) is 16.7. The molecule has 24 heavy (non-hydrogen) atoms. The molecule has 0 bridgehead atoms. The molecule has 3 heteroatoms. The molecule has 2 rings (SSSR count). The highest BCUT2D eigenvalue weighted by Crippen LogP contribution is 2.14. The molecule has 0 atom stereocenters. The molecule has 1 aromatic carbocycles. The van der Waals surface area contributed by atoms with Gasteiger partial charge in [0.1, 0.15) is 0 Å². The number of piperidine rings is 1. The first-order valence-electron chi connectivity index (χ1n) is 9.82.